The first-order chi connectivity index (χ1) is 9.48. The number of nitrogens with two attached hydrogens (primary N) is 1. The van der Waals surface area contributed by atoms with E-state index in [2.05, 4.69) is 24.1 Å². The molecule has 1 unspecified atom stereocenters. The molecule has 0 saturated heterocycles. The van der Waals surface area contributed by atoms with Crippen LogP contribution in [0.25, 0.3) is 10.9 Å². The number of benzene rings is 1. The number of nitrogens with zero attached hydrogens (tertiary/aromatic N) is 1. The largest absolute Gasteiger partial charge is 0.345 e. The van der Waals surface area contributed by atoms with Crippen LogP contribution < -0.4 is 11.1 Å². The van der Waals surface area contributed by atoms with E-state index in [-0.39, 0.29) is 11.8 Å². The summed E-state index contributed by atoms with van der Waals surface area (Å²) in [5, 5.41) is 4.00. The molecule has 2 aromatic rings. The van der Waals surface area contributed by atoms with Crippen LogP contribution in [0.3, 0.4) is 0 Å². The molecule has 1 aromatic carbocycles. The molecule has 0 fully saturated rings. The van der Waals surface area contributed by atoms with Gasteiger partial charge in [0.2, 0.25) is 0 Å². The van der Waals surface area contributed by atoms with Crippen LogP contribution >= 0.6 is 0 Å². The van der Waals surface area contributed by atoms with Gasteiger partial charge in [0.05, 0.1) is 16.6 Å². The molecule has 2 rings (SSSR count). The number of carbonyl (C=O) groups is 1. The Labute approximate surface area is 119 Å². The standard InChI is InChI=1S/C16H21N3O/c1-11(2)16(3,10-17)19-15(20)13-8-4-6-12-7-5-9-18-14(12)13/h4-9,11H,10,17H2,1-3H3,(H,19,20). The normalized spacial score (nSPS) is 14.2. The van der Waals surface area contributed by atoms with Crippen molar-refractivity contribution in [2.45, 2.75) is 26.3 Å². The first kappa shape index (κ1) is 14.5. The highest BCUT2D eigenvalue weighted by Crippen LogP contribution is 2.19. The molecule has 0 spiro atoms. The summed E-state index contributed by atoms with van der Waals surface area (Å²) >= 11 is 0. The Morgan fingerprint density at radius 2 is 2.05 bits per heavy atom. The van der Waals surface area contributed by atoms with Gasteiger partial charge in [0.1, 0.15) is 0 Å². The lowest BCUT2D eigenvalue weighted by molar-refractivity contribution is 0.0885. The minimum atomic E-state index is -0.423. The van der Waals surface area contributed by atoms with Gasteiger partial charge in [-0.2, -0.15) is 0 Å². The van der Waals surface area contributed by atoms with Crippen molar-refractivity contribution in [2.24, 2.45) is 11.7 Å². The highest BCUT2D eigenvalue weighted by molar-refractivity contribution is 6.05. The molecule has 20 heavy (non-hydrogen) atoms. The molecule has 0 saturated carbocycles. The Balaban J connectivity index is 2.37. The van der Waals surface area contributed by atoms with Crippen molar-refractivity contribution in [3.63, 3.8) is 0 Å². The number of aromatic nitrogens is 1. The predicted molar refractivity (Wildman–Crippen MR) is 81.5 cm³/mol. The van der Waals surface area contributed by atoms with E-state index in [0.717, 1.165) is 10.9 Å². The number of hydrogen-bond donors (Lipinski definition) is 2. The highest BCUT2D eigenvalue weighted by atomic mass is 16.1. The van der Waals surface area contributed by atoms with Gasteiger partial charge in [0.15, 0.2) is 0 Å². The van der Waals surface area contributed by atoms with E-state index in [9.17, 15) is 4.79 Å². The number of amides is 1. The molecule has 3 N–H and O–H groups in total. The number of hydrogen-bond acceptors (Lipinski definition) is 3. The first-order valence-corrected chi connectivity index (χ1v) is 6.84. The van der Waals surface area contributed by atoms with E-state index in [1.807, 2.05) is 31.2 Å². The van der Waals surface area contributed by atoms with Gasteiger partial charge in [-0.25, -0.2) is 0 Å². The van der Waals surface area contributed by atoms with Crippen LogP contribution in [0.15, 0.2) is 36.5 Å². The second-order valence-electron chi connectivity index (χ2n) is 5.61. The Kier molecular flexibility index (Phi) is 4.04. The van der Waals surface area contributed by atoms with Crippen LogP contribution in [0, 0.1) is 5.92 Å². The van der Waals surface area contributed by atoms with Gasteiger partial charge in [-0.05, 0) is 25.0 Å². The number of fused-ring (bicyclic) bond motifs is 1. The molecule has 0 radical (unpaired) electrons. The Hall–Kier alpha value is -1.94. The molecule has 0 bridgehead atoms. The third kappa shape index (κ3) is 2.65. The smallest absolute Gasteiger partial charge is 0.253 e. The third-order valence-corrected chi connectivity index (χ3v) is 3.97. The van der Waals surface area contributed by atoms with Gasteiger partial charge in [-0.1, -0.05) is 32.0 Å². The summed E-state index contributed by atoms with van der Waals surface area (Å²) in [7, 11) is 0. The van der Waals surface area contributed by atoms with Crippen LogP contribution in [-0.4, -0.2) is 23.0 Å². The Morgan fingerprint density at radius 3 is 2.70 bits per heavy atom. The summed E-state index contributed by atoms with van der Waals surface area (Å²) < 4.78 is 0. The highest BCUT2D eigenvalue weighted by Gasteiger charge is 2.29. The molecular weight excluding hydrogens is 250 g/mol. The van der Waals surface area contributed by atoms with Gasteiger partial charge >= 0.3 is 0 Å². The zero-order chi connectivity index (χ0) is 14.8. The zero-order valence-corrected chi connectivity index (χ0v) is 12.2. The fraction of sp³-hybridized carbons (Fsp3) is 0.375. The summed E-state index contributed by atoms with van der Waals surface area (Å²) in [6.07, 6.45) is 1.70. The van der Waals surface area contributed by atoms with E-state index in [4.69, 9.17) is 5.73 Å². The van der Waals surface area contributed by atoms with E-state index >= 15 is 0 Å². The van der Waals surface area contributed by atoms with E-state index in [1.54, 1.807) is 12.3 Å². The molecule has 4 nitrogen and oxygen atoms in total. The minimum Gasteiger partial charge on any atom is -0.345 e. The van der Waals surface area contributed by atoms with Crippen LogP contribution in [0.2, 0.25) is 0 Å². The molecule has 106 valence electrons. The summed E-state index contributed by atoms with van der Waals surface area (Å²) in [5.74, 6) is 0.121. The van der Waals surface area contributed by atoms with Crippen molar-refractivity contribution in [2.75, 3.05) is 6.54 Å². The lowest BCUT2D eigenvalue weighted by Gasteiger charge is -2.33. The molecule has 1 aromatic heterocycles. The van der Waals surface area contributed by atoms with Crippen LogP contribution in [0.5, 0.6) is 0 Å². The fourth-order valence-corrected chi connectivity index (χ4v) is 2.05. The van der Waals surface area contributed by atoms with Crippen LogP contribution in [-0.2, 0) is 0 Å². The molecular formula is C16H21N3O. The quantitative estimate of drug-likeness (QED) is 0.897. The summed E-state index contributed by atoms with van der Waals surface area (Å²) in [4.78, 5) is 16.8. The molecule has 1 heterocycles. The van der Waals surface area contributed by atoms with Crippen molar-refractivity contribution < 1.29 is 4.79 Å². The van der Waals surface area contributed by atoms with Gasteiger partial charge < -0.3 is 11.1 Å². The average Bonchev–Trinajstić information content (AvgIpc) is 2.46. The minimum absolute atomic E-state index is 0.129. The van der Waals surface area contributed by atoms with Gasteiger partial charge in [0.25, 0.3) is 5.91 Å². The fourth-order valence-electron chi connectivity index (χ4n) is 2.05. The van der Waals surface area contributed by atoms with Crippen molar-refractivity contribution in [3.8, 4) is 0 Å². The second kappa shape index (κ2) is 5.59. The van der Waals surface area contributed by atoms with Crippen molar-refractivity contribution in [1.82, 2.24) is 10.3 Å². The Morgan fingerprint density at radius 1 is 1.35 bits per heavy atom. The average molecular weight is 271 g/mol. The Bertz CT molecular complexity index is 619. The summed E-state index contributed by atoms with van der Waals surface area (Å²) in [6, 6.07) is 9.42. The number of pyridine rings is 1. The SMILES string of the molecule is CC(C)C(C)(CN)NC(=O)c1cccc2cccnc12. The summed E-state index contributed by atoms with van der Waals surface area (Å²) in [6.45, 7) is 6.46. The van der Waals surface area contributed by atoms with Gasteiger partial charge in [0, 0.05) is 18.1 Å². The molecule has 0 aliphatic rings. The third-order valence-electron chi connectivity index (χ3n) is 3.97. The van der Waals surface area contributed by atoms with E-state index in [0.29, 0.717) is 12.1 Å². The van der Waals surface area contributed by atoms with Crippen LogP contribution in [0.4, 0.5) is 0 Å². The molecule has 1 amide bonds. The van der Waals surface area contributed by atoms with Gasteiger partial charge in [-0.15, -0.1) is 0 Å². The van der Waals surface area contributed by atoms with E-state index in [1.165, 1.54) is 0 Å². The molecule has 0 aliphatic heterocycles. The number of rotatable bonds is 4. The lowest BCUT2D eigenvalue weighted by atomic mass is 9.88. The predicted octanol–water partition coefficient (Wildman–Crippen LogP) is 2.34. The van der Waals surface area contributed by atoms with Crippen molar-refractivity contribution >= 4 is 16.8 Å². The van der Waals surface area contributed by atoms with Crippen molar-refractivity contribution in [1.29, 1.82) is 0 Å². The van der Waals surface area contributed by atoms with E-state index < -0.39 is 5.54 Å². The topological polar surface area (TPSA) is 68.0 Å². The van der Waals surface area contributed by atoms with Crippen LogP contribution in [0.1, 0.15) is 31.1 Å². The monoisotopic (exact) mass is 271 g/mol. The maximum Gasteiger partial charge on any atom is 0.253 e. The van der Waals surface area contributed by atoms with Gasteiger partial charge in [-0.3, -0.25) is 9.78 Å². The lowest BCUT2D eigenvalue weighted by Crippen LogP contribution is -2.55. The number of para-hydroxylation sites is 1. The first-order valence-electron chi connectivity index (χ1n) is 6.84. The zero-order valence-electron chi connectivity index (χ0n) is 12.2. The number of carbonyl (C=O) groups excluding carboxylic acids is 1. The maximum atomic E-state index is 12.5. The summed E-state index contributed by atoms with van der Waals surface area (Å²) in [5.41, 5.74) is 6.70. The second-order valence-corrected chi connectivity index (χ2v) is 5.61. The number of nitrogens with one attached hydrogen (secondary N) is 1. The molecule has 4 heteroatoms. The molecule has 1 atom stereocenters. The molecule has 0 aliphatic carbocycles. The van der Waals surface area contributed by atoms with Crippen molar-refractivity contribution in [3.05, 3.63) is 42.1 Å². The maximum absolute atomic E-state index is 12.5.